The van der Waals surface area contributed by atoms with Gasteiger partial charge >= 0.3 is 21.0 Å². The Kier molecular flexibility index (Phi) is 24.2. The molecule has 8 rings (SSSR count). The number of rotatable bonds is 10. The zero-order chi connectivity index (χ0) is 39.4. The monoisotopic (exact) mass is 875 g/mol. The third-order valence-corrected chi connectivity index (χ3v) is 10.7. The Bertz CT molecular complexity index is 1910. The Morgan fingerprint density at radius 2 is 0.881 bits per heavy atom. The second-order valence-corrected chi connectivity index (χ2v) is 15.0. The molecule has 2 aliphatic carbocycles. The molecule has 0 radical (unpaired) electrons. The van der Waals surface area contributed by atoms with Crippen LogP contribution in [0, 0.1) is 13.3 Å². The molecule has 0 spiro atoms. The molecule has 2 aromatic carbocycles. The number of halogens is 2. The van der Waals surface area contributed by atoms with Crippen molar-refractivity contribution < 1.29 is 58.7 Å². The topological polar surface area (TPSA) is 53.6 Å². The first-order valence-electron chi connectivity index (χ1n) is 20.4. The maximum absolute atomic E-state index is 5.71. The average Bonchev–Trinajstić information content (AvgIpc) is 4.02. The third-order valence-electron chi connectivity index (χ3n) is 10.7. The van der Waals surface area contributed by atoms with Crippen LogP contribution < -0.4 is 54.1 Å². The van der Waals surface area contributed by atoms with E-state index in [4.69, 9.17) is 5.73 Å². The van der Waals surface area contributed by atoms with Crippen molar-refractivity contribution in [2.24, 2.45) is 20.0 Å². The van der Waals surface area contributed by atoms with Gasteiger partial charge in [-0.15, -0.1) is 0 Å². The molecule has 0 bridgehead atoms. The van der Waals surface area contributed by atoms with E-state index in [1.807, 2.05) is 42.9 Å². The number of pyridine rings is 4. The molecule has 6 nitrogen and oxygen atoms in total. The predicted molar refractivity (Wildman–Crippen MR) is 235 cm³/mol. The maximum atomic E-state index is 5.71. The van der Waals surface area contributed by atoms with Gasteiger partial charge in [0.25, 0.3) is 0 Å². The summed E-state index contributed by atoms with van der Waals surface area (Å²) >= 11 is 3.00. The van der Waals surface area contributed by atoms with Crippen LogP contribution in [0.1, 0.15) is 77.0 Å². The molecule has 9 heteroatoms. The van der Waals surface area contributed by atoms with Crippen LogP contribution in [-0.2, 0) is 29.7 Å². The van der Waals surface area contributed by atoms with E-state index in [2.05, 4.69) is 162 Å². The molecule has 3 N–H and O–H groups in total. The quantitative estimate of drug-likeness (QED) is 0.0728. The molecule has 0 atom stereocenters. The predicted octanol–water partition coefficient (Wildman–Crippen LogP) is 3.64. The molecule has 4 heterocycles. The third kappa shape index (κ3) is 17.0. The van der Waals surface area contributed by atoms with Gasteiger partial charge in [0.2, 0.25) is 11.4 Å². The molecule has 0 unspecified atom stereocenters. The van der Waals surface area contributed by atoms with Crippen molar-refractivity contribution in [2.45, 2.75) is 77.0 Å². The summed E-state index contributed by atoms with van der Waals surface area (Å²) in [7, 11) is 4.06. The van der Waals surface area contributed by atoms with Crippen LogP contribution in [0.2, 0.25) is 0 Å². The number of unbranched alkanes of at least 4 members (excludes halogenated alkanes) is 1. The molecule has 315 valence electrons. The Morgan fingerprint density at radius 1 is 0.525 bits per heavy atom. The SMILES string of the molecule is C1CCCC1.C[n+]1ccc(-c2cc[n+](-c3ccc(N)cc3)cc2)cc1.C[n+]1ccc(-c2cc[n+](-c3ccc(NCCCCC4CCCC4)cc3)cc2)cc1.[CH2]=[Fe+].[CH3-].[Cl-].[Cl-]. The van der Waals surface area contributed by atoms with Crippen LogP contribution in [-0.4, -0.2) is 12.0 Å². The minimum Gasteiger partial charge on any atom is -1.00 e. The fraction of sp³-hybridized carbons (Fsp3) is 0.320. The van der Waals surface area contributed by atoms with Crippen molar-refractivity contribution in [1.29, 1.82) is 0 Å². The number of benzene rings is 2. The van der Waals surface area contributed by atoms with Gasteiger partial charge in [-0.3, -0.25) is 0 Å². The molecule has 2 aliphatic rings. The summed E-state index contributed by atoms with van der Waals surface area (Å²) in [6.45, 7) is 1.07. The number of anilines is 2. The number of nitrogens with two attached hydrogens (primary N) is 1. The number of hydrogen-bond donors (Lipinski definition) is 2. The summed E-state index contributed by atoms with van der Waals surface area (Å²) in [6.07, 6.45) is 34.1. The van der Waals surface area contributed by atoms with Crippen molar-refractivity contribution in [3.8, 4) is 33.6 Å². The zero-order valence-corrected chi connectivity index (χ0v) is 37.9. The summed E-state index contributed by atoms with van der Waals surface area (Å²) in [5.41, 5.74) is 17.9. The first kappa shape index (κ1) is 50.8. The van der Waals surface area contributed by atoms with Crippen molar-refractivity contribution in [2.75, 3.05) is 17.6 Å². The van der Waals surface area contributed by atoms with E-state index in [1.165, 1.54) is 111 Å². The van der Waals surface area contributed by atoms with Crippen LogP contribution in [0.5, 0.6) is 0 Å². The summed E-state index contributed by atoms with van der Waals surface area (Å²) < 4.78 is 8.32. The van der Waals surface area contributed by atoms with E-state index >= 15 is 0 Å². The van der Waals surface area contributed by atoms with Crippen molar-refractivity contribution in [1.82, 2.24) is 0 Å². The number of aryl methyl sites for hydroxylation is 2. The molecule has 0 saturated heterocycles. The number of nitrogens with zero attached hydrogens (tertiary/aromatic N) is 4. The van der Waals surface area contributed by atoms with Crippen LogP contribution in [0.25, 0.3) is 33.6 Å². The number of nitrogens with one attached hydrogen (secondary N) is 1. The number of aromatic nitrogens is 4. The summed E-state index contributed by atoms with van der Waals surface area (Å²) in [6, 6.07) is 33.7. The Balaban J connectivity index is 0.000000348. The van der Waals surface area contributed by atoms with Gasteiger partial charge < -0.3 is 43.3 Å². The molecule has 2 saturated carbocycles. The molecule has 0 amide bonds. The van der Waals surface area contributed by atoms with E-state index in [0.717, 1.165) is 23.8 Å². The van der Waals surface area contributed by atoms with Gasteiger partial charge in [-0.1, -0.05) is 70.6 Å². The number of hydrogen-bond acceptors (Lipinski definition) is 2. The smallest absolute Gasteiger partial charge is 0.358 e. The minimum atomic E-state index is 0. The average molecular weight is 877 g/mol. The second-order valence-electron chi connectivity index (χ2n) is 15.0. The summed E-state index contributed by atoms with van der Waals surface area (Å²) in [5, 5.41) is 3.57. The molecule has 59 heavy (non-hydrogen) atoms. The first-order chi connectivity index (χ1) is 27.5. The van der Waals surface area contributed by atoms with Gasteiger partial charge in [-0.05, 0) is 58.9 Å². The zero-order valence-electron chi connectivity index (χ0n) is 35.3. The molecule has 0 aliphatic heterocycles. The molecule has 6 aromatic rings. The Hall–Kier alpha value is -4.39. The van der Waals surface area contributed by atoms with Crippen LogP contribution in [0.15, 0.2) is 147 Å². The van der Waals surface area contributed by atoms with Gasteiger partial charge in [0.1, 0.15) is 14.1 Å². The van der Waals surface area contributed by atoms with Crippen LogP contribution >= 0.6 is 0 Å². The van der Waals surface area contributed by atoms with E-state index in [9.17, 15) is 0 Å². The largest absolute Gasteiger partial charge is 1.00 e. The summed E-state index contributed by atoms with van der Waals surface area (Å²) in [5.74, 6) is 1.02. The first-order valence-corrected chi connectivity index (χ1v) is 21.2. The van der Waals surface area contributed by atoms with Gasteiger partial charge in [-0.2, -0.15) is 9.13 Å². The number of nitrogen functional groups attached to an aromatic ring is 1. The summed E-state index contributed by atoms with van der Waals surface area (Å²) in [4.78, 5) is 0. The standard InChI is InChI=1S/C26H32N3.C17H16N3.C5H10.CH3.CH2.2ClH.Fe/c1-28-18-13-23(14-19-28)24-15-20-29(21-16-24)26-11-9-25(10-12-26)27-17-5-4-8-22-6-2-3-7-22;1-19-10-6-14(7-11-19)15-8-12-20(13-9-15)17-4-2-16(18)3-5-17;1-2-4-5-3-1;;;;;/h9-16,18-22H,2-8,17H2,1H3;2-13,18H,1H3;1-5H2;1H3;1H2;2*1H;/q2*+1;;-1;;;;+1. The minimum absolute atomic E-state index is 0. The Morgan fingerprint density at radius 3 is 1.27 bits per heavy atom. The van der Waals surface area contributed by atoms with E-state index < -0.39 is 0 Å². The fourth-order valence-corrected chi connectivity index (χ4v) is 7.34. The van der Waals surface area contributed by atoms with Crippen molar-refractivity contribution in [3.05, 3.63) is 154 Å². The van der Waals surface area contributed by atoms with Crippen LogP contribution in [0.4, 0.5) is 11.4 Å². The second kappa shape index (κ2) is 28.1. The maximum Gasteiger partial charge on any atom is -0.358 e. The van der Waals surface area contributed by atoms with Gasteiger partial charge in [-0.25, -0.2) is 9.13 Å². The van der Waals surface area contributed by atoms with E-state index in [1.54, 1.807) is 0 Å². The molecule has 2 fully saturated rings. The van der Waals surface area contributed by atoms with Crippen LogP contribution in [0.3, 0.4) is 0 Å². The Labute approximate surface area is 375 Å². The van der Waals surface area contributed by atoms with Crippen molar-refractivity contribution in [3.63, 3.8) is 0 Å². The van der Waals surface area contributed by atoms with Crippen molar-refractivity contribution >= 4 is 16.8 Å². The molecular weight excluding hydrogens is 811 g/mol. The van der Waals surface area contributed by atoms with E-state index in [0.29, 0.717) is 0 Å². The fourth-order valence-electron chi connectivity index (χ4n) is 7.34. The molecular formula is C50H65Cl2FeN6+2. The van der Waals surface area contributed by atoms with Gasteiger partial charge in [0.15, 0.2) is 49.6 Å². The molecule has 4 aromatic heterocycles. The normalized spacial score (nSPS) is 12.6. The van der Waals surface area contributed by atoms with Gasteiger partial charge in [0.05, 0.1) is 0 Å². The van der Waals surface area contributed by atoms with Gasteiger partial charge in [0, 0.05) is 90.7 Å². The van der Waals surface area contributed by atoms with E-state index in [-0.39, 0.29) is 32.2 Å².